The van der Waals surface area contributed by atoms with E-state index in [2.05, 4.69) is 15.4 Å². The Hall–Kier alpha value is -1.02. The SMILES string of the molecule is O=C(NCCCOCC(F)(F)F)N[C@@H]1CCC[C@H]2OCC[C@H]12. The molecule has 1 aliphatic carbocycles. The summed E-state index contributed by atoms with van der Waals surface area (Å²) in [5.74, 6) is 0.384. The lowest BCUT2D eigenvalue weighted by atomic mass is 9.82. The van der Waals surface area contributed by atoms with Crippen LogP contribution in [-0.2, 0) is 9.47 Å². The molecule has 0 aromatic rings. The van der Waals surface area contributed by atoms with Crippen LogP contribution < -0.4 is 10.6 Å². The molecule has 22 heavy (non-hydrogen) atoms. The summed E-state index contributed by atoms with van der Waals surface area (Å²) in [6.45, 7) is -0.223. The largest absolute Gasteiger partial charge is 0.411 e. The normalized spacial score (nSPS) is 28.2. The van der Waals surface area contributed by atoms with E-state index in [1.54, 1.807) is 0 Å². The second-order valence-electron chi connectivity index (χ2n) is 5.82. The third-order valence-corrected chi connectivity index (χ3v) is 4.11. The summed E-state index contributed by atoms with van der Waals surface area (Å²) >= 11 is 0. The Balaban J connectivity index is 1.56. The molecule has 0 spiro atoms. The van der Waals surface area contributed by atoms with Crippen molar-refractivity contribution in [1.82, 2.24) is 10.6 Å². The number of ether oxygens (including phenoxy) is 2. The number of carbonyl (C=O) groups is 1. The van der Waals surface area contributed by atoms with Crippen LogP contribution in [0.15, 0.2) is 0 Å². The molecule has 1 saturated heterocycles. The molecule has 0 aromatic heterocycles. The van der Waals surface area contributed by atoms with Crippen LogP contribution in [-0.4, -0.2) is 50.7 Å². The number of hydrogen-bond acceptors (Lipinski definition) is 3. The topological polar surface area (TPSA) is 59.6 Å². The van der Waals surface area contributed by atoms with Crippen molar-refractivity contribution >= 4 is 6.03 Å². The highest BCUT2D eigenvalue weighted by molar-refractivity contribution is 5.74. The van der Waals surface area contributed by atoms with Crippen molar-refractivity contribution in [2.75, 3.05) is 26.4 Å². The van der Waals surface area contributed by atoms with Gasteiger partial charge in [-0.1, -0.05) is 0 Å². The first-order chi connectivity index (χ1) is 10.5. The number of hydrogen-bond donors (Lipinski definition) is 2. The summed E-state index contributed by atoms with van der Waals surface area (Å²) in [7, 11) is 0. The lowest BCUT2D eigenvalue weighted by molar-refractivity contribution is -0.173. The zero-order valence-electron chi connectivity index (χ0n) is 12.5. The monoisotopic (exact) mass is 324 g/mol. The van der Waals surface area contributed by atoms with Gasteiger partial charge >= 0.3 is 12.2 Å². The molecule has 8 heteroatoms. The maximum atomic E-state index is 11.8. The Bertz CT molecular complexity index is 366. The van der Waals surface area contributed by atoms with Crippen molar-refractivity contribution in [1.29, 1.82) is 0 Å². The lowest BCUT2D eigenvalue weighted by Gasteiger charge is -2.33. The summed E-state index contributed by atoms with van der Waals surface area (Å²) in [4.78, 5) is 11.8. The molecule has 1 aliphatic heterocycles. The van der Waals surface area contributed by atoms with Crippen LogP contribution in [0, 0.1) is 5.92 Å². The van der Waals surface area contributed by atoms with Gasteiger partial charge in [0.1, 0.15) is 6.61 Å². The van der Waals surface area contributed by atoms with Gasteiger partial charge in [-0.05, 0) is 32.1 Å². The first kappa shape index (κ1) is 17.3. The molecule has 2 N–H and O–H groups in total. The summed E-state index contributed by atoms with van der Waals surface area (Å²) in [6, 6.07) is -0.142. The van der Waals surface area contributed by atoms with Crippen molar-refractivity contribution in [3.8, 4) is 0 Å². The number of fused-ring (bicyclic) bond motifs is 1. The predicted molar refractivity (Wildman–Crippen MR) is 73.5 cm³/mol. The molecule has 0 aromatic carbocycles. The molecule has 2 aliphatic rings. The van der Waals surface area contributed by atoms with Crippen molar-refractivity contribution in [3.63, 3.8) is 0 Å². The number of rotatable bonds is 6. The van der Waals surface area contributed by atoms with E-state index in [4.69, 9.17) is 4.74 Å². The highest BCUT2D eigenvalue weighted by atomic mass is 19.4. The molecular formula is C14H23F3N2O3. The smallest absolute Gasteiger partial charge is 0.378 e. The number of nitrogens with one attached hydrogen (secondary N) is 2. The van der Waals surface area contributed by atoms with E-state index in [-0.39, 0.29) is 24.8 Å². The average Bonchev–Trinajstić information content (AvgIpc) is 2.91. The lowest BCUT2D eigenvalue weighted by Crippen LogP contribution is -2.49. The van der Waals surface area contributed by atoms with E-state index in [9.17, 15) is 18.0 Å². The predicted octanol–water partition coefficient (Wildman–Crippen LogP) is 2.21. The van der Waals surface area contributed by atoms with Crippen LogP contribution in [0.2, 0.25) is 0 Å². The Morgan fingerprint density at radius 2 is 2.09 bits per heavy atom. The molecule has 1 saturated carbocycles. The summed E-state index contributed by atoms with van der Waals surface area (Å²) < 4.78 is 45.7. The van der Waals surface area contributed by atoms with Gasteiger partial charge in [0.25, 0.3) is 0 Å². The molecule has 2 fully saturated rings. The number of urea groups is 1. The van der Waals surface area contributed by atoms with Crippen LogP contribution >= 0.6 is 0 Å². The molecular weight excluding hydrogens is 301 g/mol. The van der Waals surface area contributed by atoms with E-state index in [1.807, 2.05) is 0 Å². The van der Waals surface area contributed by atoms with E-state index in [0.717, 1.165) is 32.3 Å². The number of amides is 2. The number of carbonyl (C=O) groups excluding carboxylic acids is 1. The van der Waals surface area contributed by atoms with E-state index < -0.39 is 12.8 Å². The van der Waals surface area contributed by atoms with Gasteiger partial charge in [-0.2, -0.15) is 13.2 Å². The van der Waals surface area contributed by atoms with Gasteiger partial charge in [0.15, 0.2) is 0 Å². The van der Waals surface area contributed by atoms with Crippen LogP contribution in [0.5, 0.6) is 0 Å². The number of alkyl halides is 3. The van der Waals surface area contributed by atoms with Crippen LogP contribution in [0.1, 0.15) is 32.1 Å². The van der Waals surface area contributed by atoms with Crippen LogP contribution in [0.3, 0.4) is 0 Å². The fourth-order valence-corrected chi connectivity index (χ4v) is 3.14. The quantitative estimate of drug-likeness (QED) is 0.737. The van der Waals surface area contributed by atoms with E-state index in [0.29, 0.717) is 18.9 Å². The molecule has 0 radical (unpaired) electrons. The first-order valence-electron chi connectivity index (χ1n) is 7.76. The van der Waals surface area contributed by atoms with Gasteiger partial charge in [0.05, 0.1) is 6.10 Å². The molecule has 0 unspecified atom stereocenters. The van der Waals surface area contributed by atoms with E-state index in [1.165, 1.54) is 0 Å². The zero-order chi connectivity index (χ0) is 16.0. The maximum Gasteiger partial charge on any atom is 0.411 e. The third kappa shape index (κ3) is 5.64. The van der Waals surface area contributed by atoms with Gasteiger partial charge in [0.2, 0.25) is 0 Å². The van der Waals surface area contributed by atoms with E-state index >= 15 is 0 Å². The minimum absolute atomic E-state index is 0.0260. The van der Waals surface area contributed by atoms with Gasteiger partial charge in [-0.3, -0.25) is 0 Å². The molecule has 128 valence electrons. The highest BCUT2D eigenvalue weighted by Gasteiger charge is 2.38. The maximum absolute atomic E-state index is 11.8. The fourth-order valence-electron chi connectivity index (χ4n) is 3.14. The minimum Gasteiger partial charge on any atom is -0.378 e. The molecule has 1 heterocycles. The van der Waals surface area contributed by atoms with Gasteiger partial charge in [-0.15, -0.1) is 0 Å². The Morgan fingerprint density at radius 3 is 2.86 bits per heavy atom. The van der Waals surface area contributed by atoms with Gasteiger partial charge in [-0.25, -0.2) is 4.79 Å². The van der Waals surface area contributed by atoms with Crippen molar-refractivity contribution in [2.45, 2.75) is 50.4 Å². The van der Waals surface area contributed by atoms with Crippen molar-refractivity contribution in [2.24, 2.45) is 5.92 Å². The molecule has 5 nitrogen and oxygen atoms in total. The Morgan fingerprint density at radius 1 is 1.27 bits per heavy atom. The molecule has 0 bridgehead atoms. The fraction of sp³-hybridized carbons (Fsp3) is 0.929. The van der Waals surface area contributed by atoms with Crippen LogP contribution in [0.25, 0.3) is 0 Å². The highest BCUT2D eigenvalue weighted by Crippen LogP contribution is 2.34. The van der Waals surface area contributed by atoms with Gasteiger partial charge in [0, 0.05) is 31.7 Å². The summed E-state index contributed by atoms with van der Waals surface area (Å²) in [5.41, 5.74) is 0. The standard InChI is InChI=1S/C14H23F3N2O3/c15-14(16,17)9-21-7-2-6-18-13(20)19-11-3-1-4-12-10(11)5-8-22-12/h10-12H,1-9H2,(H2,18,19,20)/t10-,11-,12-/m1/s1. The van der Waals surface area contributed by atoms with Crippen LogP contribution in [0.4, 0.5) is 18.0 Å². The average molecular weight is 324 g/mol. The first-order valence-corrected chi connectivity index (χ1v) is 7.76. The van der Waals surface area contributed by atoms with Gasteiger partial charge < -0.3 is 20.1 Å². The third-order valence-electron chi connectivity index (χ3n) is 4.11. The number of halogens is 3. The summed E-state index contributed by atoms with van der Waals surface area (Å²) in [6.07, 6.45) is 0.329. The Kier molecular flexibility index (Phi) is 6.31. The molecule has 3 atom stereocenters. The van der Waals surface area contributed by atoms with Crippen molar-refractivity contribution < 1.29 is 27.4 Å². The second kappa shape index (κ2) is 8.01. The zero-order valence-corrected chi connectivity index (χ0v) is 12.5. The minimum atomic E-state index is -4.30. The van der Waals surface area contributed by atoms with Crippen molar-refractivity contribution in [3.05, 3.63) is 0 Å². The second-order valence-corrected chi connectivity index (χ2v) is 5.82. The summed E-state index contributed by atoms with van der Waals surface area (Å²) in [5, 5.41) is 5.61. The molecule has 2 amide bonds. The molecule has 2 rings (SSSR count). The Labute approximate surface area is 127 Å².